The topological polar surface area (TPSA) is 21.3 Å². The average molecular weight is 743 g/mol. The van der Waals surface area contributed by atoms with Crippen LogP contribution in [0, 0.1) is 0 Å². The summed E-state index contributed by atoms with van der Waals surface area (Å²) in [4.78, 5) is 2.46. The summed E-state index contributed by atoms with van der Waals surface area (Å²) in [7, 11) is 0. The molecule has 0 spiro atoms. The smallest absolute Gasteiger partial charge is 0.143 e. The molecule has 0 aliphatic heterocycles. The molecule has 0 bridgehead atoms. The number of hydrogen-bond donors (Lipinski definition) is 0. The quantitative estimate of drug-likeness (QED) is 0.175. The van der Waals surface area contributed by atoms with Gasteiger partial charge >= 0.3 is 0 Å². The Labute approximate surface area is 336 Å². The highest BCUT2D eigenvalue weighted by Gasteiger charge is 2.36. The second-order valence-electron chi connectivity index (χ2n) is 16.1. The monoisotopic (exact) mass is 742 g/mol. The summed E-state index contributed by atoms with van der Waals surface area (Å²) in [6.07, 6.45) is 0. The van der Waals surface area contributed by atoms with Crippen molar-refractivity contribution in [3.8, 4) is 27.9 Å². The summed E-state index contributed by atoms with van der Waals surface area (Å²) in [5, 5.41) is 7.06. The molecule has 0 radical (unpaired) electrons. The van der Waals surface area contributed by atoms with E-state index in [2.05, 4.69) is 217 Å². The Morgan fingerprint density at radius 3 is 1.95 bits per heavy atom. The fourth-order valence-electron chi connectivity index (χ4n) is 9.82. The lowest BCUT2D eigenvalue weighted by molar-refractivity contribution is 0.660. The average Bonchev–Trinajstić information content (AvgIpc) is 3.89. The molecule has 9 aromatic carbocycles. The van der Waals surface area contributed by atoms with Crippen LogP contribution >= 0.6 is 0 Å². The van der Waals surface area contributed by atoms with Gasteiger partial charge in [-0.15, -0.1) is 0 Å². The summed E-state index contributed by atoms with van der Waals surface area (Å²) >= 11 is 0. The highest BCUT2D eigenvalue weighted by Crippen LogP contribution is 2.51. The Bertz CT molecular complexity index is 3400. The van der Waals surface area contributed by atoms with Crippen molar-refractivity contribution < 1.29 is 4.42 Å². The van der Waals surface area contributed by atoms with E-state index in [9.17, 15) is 0 Å². The molecular formula is C55H38N2O. The zero-order valence-corrected chi connectivity index (χ0v) is 32.3. The standard InChI is InChI=1S/C55H38N2O/c1-55(2)48-22-9-5-19-42(48)43-30-28-39(34-49(43)55)56(37-15-13-16-38(33-37)57-51-24-11-7-20-44(51)45-21-8-12-25-52(45)57)50-23-10-6-17-40(50)36-27-31-53-47(32-36)46-29-26-35-14-3-4-18-41(35)54(46)58-53/h3-34H,1-2H3. The maximum Gasteiger partial charge on any atom is 0.143 e. The first-order valence-electron chi connectivity index (χ1n) is 20.1. The fraction of sp³-hybridized carbons (Fsp3) is 0.0545. The van der Waals surface area contributed by atoms with E-state index in [4.69, 9.17) is 4.42 Å². The van der Waals surface area contributed by atoms with E-state index in [0.29, 0.717) is 0 Å². The third-order valence-corrected chi connectivity index (χ3v) is 12.6. The molecule has 3 nitrogen and oxygen atoms in total. The van der Waals surface area contributed by atoms with E-state index in [1.165, 1.54) is 49.4 Å². The summed E-state index contributed by atoms with van der Waals surface area (Å²) in [5.74, 6) is 0. The van der Waals surface area contributed by atoms with Gasteiger partial charge in [-0.25, -0.2) is 0 Å². The van der Waals surface area contributed by atoms with Gasteiger partial charge in [0.15, 0.2) is 0 Å². The van der Waals surface area contributed by atoms with Crippen LogP contribution < -0.4 is 4.90 Å². The molecule has 0 amide bonds. The molecule has 11 aromatic rings. The minimum Gasteiger partial charge on any atom is -0.455 e. The van der Waals surface area contributed by atoms with Crippen LogP contribution in [-0.4, -0.2) is 4.57 Å². The van der Waals surface area contributed by atoms with Crippen LogP contribution in [0.25, 0.3) is 82.5 Å². The summed E-state index contributed by atoms with van der Waals surface area (Å²) in [6.45, 7) is 4.71. The van der Waals surface area contributed by atoms with Crippen LogP contribution in [0.15, 0.2) is 199 Å². The predicted octanol–water partition coefficient (Wildman–Crippen LogP) is 15.3. The van der Waals surface area contributed by atoms with E-state index in [0.717, 1.165) is 61.2 Å². The first-order chi connectivity index (χ1) is 28.5. The Morgan fingerprint density at radius 1 is 0.448 bits per heavy atom. The normalized spacial score (nSPS) is 13.1. The maximum atomic E-state index is 6.56. The van der Waals surface area contributed by atoms with E-state index >= 15 is 0 Å². The summed E-state index contributed by atoms with van der Waals surface area (Å²) in [5.41, 5.74) is 16.1. The zero-order valence-electron chi connectivity index (χ0n) is 32.3. The van der Waals surface area contributed by atoms with Gasteiger partial charge < -0.3 is 13.9 Å². The molecule has 0 unspecified atom stereocenters. The number of anilines is 3. The number of hydrogen-bond acceptors (Lipinski definition) is 2. The Balaban J connectivity index is 1.08. The van der Waals surface area contributed by atoms with Crippen molar-refractivity contribution >= 4 is 71.6 Å². The molecule has 0 saturated heterocycles. The molecule has 12 rings (SSSR count). The van der Waals surface area contributed by atoms with Crippen LogP contribution in [0.3, 0.4) is 0 Å². The Hall–Kier alpha value is -7.36. The maximum absolute atomic E-state index is 6.56. The number of rotatable bonds is 5. The summed E-state index contributed by atoms with van der Waals surface area (Å²) < 4.78 is 8.96. The van der Waals surface area contributed by atoms with Gasteiger partial charge in [0.25, 0.3) is 0 Å². The third-order valence-electron chi connectivity index (χ3n) is 12.6. The minimum absolute atomic E-state index is 0.143. The number of nitrogens with zero attached hydrogens (tertiary/aromatic N) is 2. The van der Waals surface area contributed by atoms with Gasteiger partial charge in [0.1, 0.15) is 11.2 Å². The molecule has 274 valence electrons. The number of para-hydroxylation sites is 3. The fourth-order valence-corrected chi connectivity index (χ4v) is 9.82. The lowest BCUT2D eigenvalue weighted by Crippen LogP contribution is -2.17. The van der Waals surface area contributed by atoms with Gasteiger partial charge in [-0.1, -0.05) is 141 Å². The van der Waals surface area contributed by atoms with Gasteiger partial charge in [0, 0.05) is 55.0 Å². The molecule has 0 atom stereocenters. The first-order valence-corrected chi connectivity index (χ1v) is 20.1. The van der Waals surface area contributed by atoms with Gasteiger partial charge in [-0.05, 0) is 99.9 Å². The van der Waals surface area contributed by atoms with Gasteiger partial charge in [-0.2, -0.15) is 0 Å². The van der Waals surface area contributed by atoms with Crippen molar-refractivity contribution in [1.29, 1.82) is 0 Å². The second-order valence-corrected chi connectivity index (χ2v) is 16.1. The van der Waals surface area contributed by atoms with Crippen LogP contribution in [0.5, 0.6) is 0 Å². The number of furan rings is 1. The molecule has 0 N–H and O–H groups in total. The SMILES string of the molecule is CC1(C)c2ccccc2-c2ccc(N(c3cccc(-n4c5ccccc5c5ccccc54)c3)c3ccccc3-c3ccc4oc5c6ccccc6ccc5c4c3)cc21. The van der Waals surface area contributed by atoms with Crippen molar-refractivity contribution in [3.63, 3.8) is 0 Å². The number of fused-ring (bicyclic) bond motifs is 11. The van der Waals surface area contributed by atoms with Crippen LogP contribution in [0.2, 0.25) is 0 Å². The number of benzene rings is 9. The second kappa shape index (κ2) is 12.3. The lowest BCUT2D eigenvalue weighted by Gasteiger charge is -2.30. The molecule has 2 aromatic heterocycles. The van der Waals surface area contributed by atoms with Crippen molar-refractivity contribution in [3.05, 3.63) is 205 Å². The van der Waals surface area contributed by atoms with Crippen LogP contribution in [-0.2, 0) is 5.41 Å². The molecule has 2 heterocycles. The zero-order chi connectivity index (χ0) is 38.5. The van der Waals surface area contributed by atoms with Gasteiger partial charge in [0.05, 0.1) is 16.7 Å². The highest BCUT2D eigenvalue weighted by atomic mass is 16.3. The Morgan fingerprint density at radius 2 is 1.12 bits per heavy atom. The summed E-state index contributed by atoms with van der Waals surface area (Å²) in [6, 6.07) is 70.8. The molecule has 1 aliphatic carbocycles. The molecule has 1 aliphatic rings. The van der Waals surface area contributed by atoms with E-state index in [1.54, 1.807) is 0 Å². The molecule has 0 fully saturated rings. The van der Waals surface area contributed by atoms with Crippen molar-refractivity contribution in [1.82, 2.24) is 4.57 Å². The molecule has 0 saturated carbocycles. The van der Waals surface area contributed by atoms with Crippen LogP contribution in [0.1, 0.15) is 25.0 Å². The van der Waals surface area contributed by atoms with E-state index in [-0.39, 0.29) is 5.41 Å². The highest BCUT2D eigenvalue weighted by molar-refractivity contribution is 6.16. The number of aromatic nitrogens is 1. The van der Waals surface area contributed by atoms with Gasteiger partial charge in [0.2, 0.25) is 0 Å². The lowest BCUT2D eigenvalue weighted by atomic mass is 9.82. The van der Waals surface area contributed by atoms with Crippen LogP contribution in [0.4, 0.5) is 17.1 Å². The molecule has 3 heteroatoms. The Kier molecular flexibility index (Phi) is 6.98. The van der Waals surface area contributed by atoms with E-state index < -0.39 is 0 Å². The molecule has 58 heavy (non-hydrogen) atoms. The largest absolute Gasteiger partial charge is 0.455 e. The minimum atomic E-state index is -0.143. The first kappa shape index (κ1) is 32.8. The van der Waals surface area contributed by atoms with Crippen molar-refractivity contribution in [2.75, 3.05) is 4.90 Å². The predicted molar refractivity (Wildman–Crippen MR) is 243 cm³/mol. The third kappa shape index (κ3) is 4.74. The van der Waals surface area contributed by atoms with E-state index in [1.807, 2.05) is 0 Å². The van der Waals surface area contributed by atoms with Crippen molar-refractivity contribution in [2.24, 2.45) is 0 Å². The van der Waals surface area contributed by atoms with Crippen molar-refractivity contribution in [2.45, 2.75) is 19.3 Å². The van der Waals surface area contributed by atoms with Gasteiger partial charge in [-0.3, -0.25) is 0 Å². The molecular weight excluding hydrogens is 705 g/mol.